The number of aryl methyl sites for hydroxylation is 1. The number of rotatable bonds is 5. The van der Waals surface area contributed by atoms with Gasteiger partial charge in [0.25, 0.3) is 0 Å². The third-order valence-corrected chi connectivity index (χ3v) is 4.98. The number of hydrogen-bond donors (Lipinski definition) is 1. The number of hydrogen-bond acceptors (Lipinski definition) is 3. The van der Waals surface area contributed by atoms with E-state index in [4.69, 9.17) is 0 Å². The van der Waals surface area contributed by atoms with Gasteiger partial charge in [-0.05, 0) is 30.9 Å². The first-order chi connectivity index (χ1) is 10.8. The molecule has 2 heterocycles. The van der Waals surface area contributed by atoms with Gasteiger partial charge in [0, 0.05) is 50.5 Å². The normalized spacial score (nSPS) is 22.3. The lowest BCUT2D eigenvalue weighted by atomic mass is 10.0. The first-order valence-electron chi connectivity index (χ1n) is 8.35. The lowest BCUT2D eigenvalue weighted by molar-refractivity contribution is 0.317. The van der Waals surface area contributed by atoms with Gasteiger partial charge in [-0.2, -0.15) is 5.10 Å². The van der Waals surface area contributed by atoms with Crippen LogP contribution in [0.25, 0.3) is 11.3 Å². The lowest BCUT2D eigenvalue weighted by Crippen LogP contribution is -2.33. The van der Waals surface area contributed by atoms with E-state index in [9.17, 15) is 0 Å². The molecule has 4 heteroatoms. The zero-order valence-electron chi connectivity index (χ0n) is 13.2. The summed E-state index contributed by atoms with van der Waals surface area (Å²) in [6.45, 7) is 3.43. The fraction of sp³-hybridized carbons (Fsp3) is 0.500. The van der Waals surface area contributed by atoms with Crippen LogP contribution in [0.15, 0.2) is 36.5 Å². The second kappa shape index (κ2) is 5.86. The van der Waals surface area contributed by atoms with Crippen LogP contribution >= 0.6 is 0 Å². The Morgan fingerprint density at radius 1 is 1.18 bits per heavy atom. The summed E-state index contributed by atoms with van der Waals surface area (Å²) in [5, 5.41) is 8.06. The van der Waals surface area contributed by atoms with E-state index in [-0.39, 0.29) is 0 Å². The molecule has 2 aliphatic rings. The van der Waals surface area contributed by atoms with Crippen molar-refractivity contribution in [2.75, 3.05) is 13.1 Å². The van der Waals surface area contributed by atoms with Crippen LogP contribution in [-0.4, -0.2) is 39.9 Å². The van der Waals surface area contributed by atoms with Crippen molar-refractivity contribution in [3.63, 3.8) is 0 Å². The quantitative estimate of drug-likeness (QED) is 0.920. The van der Waals surface area contributed by atoms with Crippen molar-refractivity contribution in [3.8, 4) is 11.3 Å². The van der Waals surface area contributed by atoms with Gasteiger partial charge in [0.1, 0.15) is 0 Å². The predicted molar refractivity (Wildman–Crippen MR) is 88.5 cm³/mol. The van der Waals surface area contributed by atoms with E-state index in [1.165, 1.54) is 49.2 Å². The molecule has 4 rings (SSSR count). The molecule has 1 N–H and O–H groups in total. The van der Waals surface area contributed by atoms with Crippen LogP contribution < -0.4 is 5.32 Å². The van der Waals surface area contributed by atoms with Crippen molar-refractivity contribution < 1.29 is 0 Å². The smallest absolute Gasteiger partial charge is 0.0682 e. The molecule has 0 radical (unpaired) electrons. The Morgan fingerprint density at radius 2 is 2.05 bits per heavy atom. The summed E-state index contributed by atoms with van der Waals surface area (Å²) in [4.78, 5) is 2.66. The maximum Gasteiger partial charge on any atom is 0.0682 e. The minimum Gasteiger partial charge on any atom is -0.309 e. The van der Waals surface area contributed by atoms with E-state index in [2.05, 4.69) is 45.6 Å². The van der Waals surface area contributed by atoms with Crippen molar-refractivity contribution in [3.05, 3.63) is 42.1 Å². The summed E-state index contributed by atoms with van der Waals surface area (Å²) in [6.07, 6.45) is 5.97. The van der Waals surface area contributed by atoms with E-state index >= 15 is 0 Å². The molecule has 1 unspecified atom stereocenters. The Balaban J connectivity index is 1.44. The fourth-order valence-electron chi connectivity index (χ4n) is 3.54. The van der Waals surface area contributed by atoms with Gasteiger partial charge in [-0.25, -0.2) is 0 Å². The molecule has 1 saturated heterocycles. The molecular weight excluding hydrogens is 272 g/mol. The summed E-state index contributed by atoms with van der Waals surface area (Å²) in [7, 11) is 2.00. The molecule has 4 nitrogen and oxygen atoms in total. The molecule has 1 aromatic heterocycles. The highest BCUT2D eigenvalue weighted by Crippen LogP contribution is 2.30. The lowest BCUT2D eigenvalue weighted by Gasteiger charge is -2.17. The minimum absolute atomic E-state index is 0.639. The third-order valence-electron chi connectivity index (χ3n) is 4.98. The topological polar surface area (TPSA) is 33.1 Å². The van der Waals surface area contributed by atoms with Crippen molar-refractivity contribution in [2.45, 2.75) is 37.9 Å². The highest BCUT2D eigenvalue weighted by Gasteiger charge is 2.34. The molecule has 0 bridgehead atoms. The van der Waals surface area contributed by atoms with E-state index in [1.807, 2.05) is 17.9 Å². The number of benzene rings is 1. The zero-order valence-corrected chi connectivity index (χ0v) is 13.2. The van der Waals surface area contributed by atoms with Crippen LogP contribution in [0.3, 0.4) is 0 Å². The van der Waals surface area contributed by atoms with E-state index < -0.39 is 0 Å². The molecule has 1 aromatic carbocycles. The number of nitrogens with one attached hydrogen (secondary N) is 1. The largest absolute Gasteiger partial charge is 0.309 e. The van der Waals surface area contributed by atoms with Crippen LogP contribution in [0.1, 0.15) is 24.8 Å². The number of nitrogens with zero attached hydrogens (tertiary/aromatic N) is 3. The van der Waals surface area contributed by atoms with E-state index in [0.29, 0.717) is 6.04 Å². The zero-order chi connectivity index (χ0) is 14.9. The average Bonchev–Trinajstić information content (AvgIpc) is 3.13. The second-order valence-corrected chi connectivity index (χ2v) is 6.59. The van der Waals surface area contributed by atoms with Crippen LogP contribution in [-0.2, 0) is 13.6 Å². The van der Waals surface area contributed by atoms with Gasteiger partial charge in [-0.1, -0.05) is 24.3 Å². The van der Waals surface area contributed by atoms with Crippen molar-refractivity contribution in [1.82, 2.24) is 20.0 Å². The maximum atomic E-state index is 4.30. The molecule has 0 amide bonds. The number of aromatic nitrogens is 2. The van der Waals surface area contributed by atoms with Gasteiger partial charge < -0.3 is 5.32 Å². The second-order valence-electron chi connectivity index (χ2n) is 6.59. The summed E-state index contributed by atoms with van der Waals surface area (Å²) >= 11 is 0. The van der Waals surface area contributed by atoms with Gasteiger partial charge in [0.2, 0.25) is 0 Å². The number of likely N-dealkylation sites (tertiary alicyclic amines) is 1. The summed E-state index contributed by atoms with van der Waals surface area (Å²) in [5.74, 6) is 0. The Kier molecular flexibility index (Phi) is 3.72. The molecule has 2 fully saturated rings. The first kappa shape index (κ1) is 14.0. The van der Waals surface area contributed by atoms with Gasteiger partial charge >= 0.3 is 0 Å². The molecule has 1 aliphatic heterocycles. The van der Waals surface area contributed by atoms with Crippen LogP contribution in [0.5, 0.6) is 0 Å². The monoisotopic (exact) mass is 296 g/mol. The van der Waals surface area contributed by atoms with Gasteiger partial charge in [-0.15, -0.1) is 0 Å². The Bertz CT molecular complexity index is 644. The third kappa shape index (κ3) is 2.81. The summed E-state index contributed by atoms with van der Waals surface area (Å²) in [5.41, 5.74) is 3.83. The van der Waals surface area contributed by atoms with E-state index in [1.54, 1.807) is 0 Å². The van der Waals surface area contributed by atoms with Crippen molar-refractivity contribution >= 4 is 0 Å². The van der Waals surface area contributed by atoms with Crippen LogP contribution in [0.2, 0.25) is 0 Å². The Labute approximate surface area is 132 Å². The molecule has 1 atom stereocenters. The van der Waals surface area contributed by atoms with Crippen LogP contribution in [0.4, 0.5) is 0 Å². The maximum absolute atomic E-state index is 4.30. The molecule has 116 valence electrons. The van der Waals surface area contributed by atoms with Gasteiger partial charge in [0.05, 0.1) is 5.69 Å². The molecule has 2 aromatic rings. The molecule has 22 heavy (non-hydrogen) atoms. The average molecular weight is 296 g/mol. The highest BCUT2D eigenvalue weighted by atomic mass is 15.3. The predicted octanol–water partition coefficient (Wildman–Crippen LogP) is 2.41. The highest BCUT2D eigenvalue weighted by molar-refractivity contribution is 5.63. The molecule has 1 saturated carbocycles. The first-order valence-corrected chi connectivity index (χ1v) is 8.35. The van der Waals surface area contributed by atoms with Crippen LogP contribution in [0, 0.1) is 0 Å². The van der Waals surface area contributed by atoms with Crippen molar-refractivity contribution in [2.24, 2.45) is 7.05 Å². The summed E-state index contributed by atoms with van der Waals surface area (Å²) < 4.78 is 1.95. The minimum atomic E-state index is 0.639. The van der Waals surface area contributed by atoms with E-state index in [0.717, 1.165) is 12.6 Å². The molecule has 0 spiro atoms. The van der Waals surface area contributed by atoms with Gasteiger partial charge in [0.15, 0.2) is 0 Å². The molecule has 1 aliphatic carbocycles. The van der Waals surface area contributed by atoms with Gasteiger partial charge in [-0.3, -0.25) is 9.58 Å². The Hall–Kier alpha value is -1.65. The SMILES string of the molecule is Cn1nccc1-c1ccccc1CNC1CCN(C2CC2)C1. The standard InChI is InChI=1S/C18H24N4/c1-21-18(8-10-20-21)17-5-3-2-4-14(17)12-19-15-9-11-22(13-15)16-6-7-16/h2-5,8,10,15-16,19H,6-7,9,11-13H2,1H3. The fourth-order valence-corrected chi connectivity index (χ4v) is 3.54. The summed E-state index contributed by atoms with van der Waals surface area (Å²) in [6, 6.07) is 12.3. The Morgan fingerprint density at radius 3 is 2.82 bits per heavy atom. The molecular formula is C18H24N4. The van der Waals surface area contributed by atoms with Crippen molar-refractivity contribution in [1.29, 1.82) is 0 Å².